The second-order valence-electron chi connectivity index (χ2n) is 15.2. The Morgan fingerprint density at radius 3 is 2.30 bits per heavy atom. The SMILES string of the molecule is CCN=CNC(C)CCC(=O)OC(C)C/C(C)=C/CC1C(C(C)CC)CCC(C)(C(C)C(C)CCCCC(C)C)C1CC. The molecule has 0 saturated heterocycles. The van der Waals surface area contributed by atoms with Gasteiger partial charge in [-0.1, -0.05) is 106 Å². The number of nitrogens with zero attached hydrogens (tertiary/aromatic N) is 1. The second-order valence-corrected chi connectivity index (χ2v) is 15.2. The molecule has 43 heavy (non-hydrogen) atoms. The molecular weight excluding hydrogens is 528 g/mol. The summed E-state index contributed by atoms with van der Waals surface area (Å²) in [5.41, 5.74) is 1.77. The van der Waals surface area contributed by atoms with Crippen molar-refractivity contribution >= 4 is 12.3 Å². The van der Waals surface area contributed by atoms with E-state index in [1.54, 1.807) is 6.34 Å². The number of allylic oxidation sites excluding steroid dienone is 1. The van der Waals surface area contributed by atoms with Crippen molar-refractivity contribution < 1.29 is 9.53 Å². The first-order valence-electron chi connectivity index (χ1n) is 18.4. The molecule has 1 aliphatic rings. The molecule has 4 heteroatoms. The molecule has 9 unspecified atom stereocenters. The number of carbonyl (C=O) groups excluding carboxylic acids is 1. The molecule has 0 heterocycles. The molecule has 252 valence electrons. The molecule has 0 radical (unpaired) electrons. The van der Waals surface area contributed by atoms with Crippen molar-refractivity contribution in [1.82, 2.24) is 5.32 Å². The van der Waals surface area contributed by atoms with Crippen LogP contribution in [0.5, 0.6) is 0 Å². The number of unbranched alkanes of at least 4 members (excludes halogenated alkanes) is 1. The fourth-order valence-electron chi connectivity index (χ4n) is 8.15. The second kappa shape index (κ2) is 20.7. The molecule has 1 fully saturated rings. The highest BCUT2D eigenvalue weighted by molar-refractivity contribution is 5.69. The molecule has 0 amide bonds. The number of rotatable bonds is 21. The van der Waals surface area contributed by atoms with Gasteiger partial charge in [-0.15, -0.1) is 0 Å². The van der Waals surface area contributed by atoms with Gasteiger partial charge in [0.2, 0.25) is 0 Å². The topological polar surface area (TPSA) is 50.7 Å². The maximum Gasteiger partial charge on any atom is 0.306 e. The van der Waals surface area contributed by atoms with Crippen molar-refractivity contribution in [2.24, 2.45) is 51.8 Å². The maximum atomic E-state index is 12.5. The van der Waals surface area contributed by atoms with Gasteiger partial charge in [0.15, 0.2) is 0 Å². The summed E-state index contributed by atoms with van der Waals surface area (Å²) in [4.78, 5) is 16.7. The van der Waals surface area contributed by atoms with Gasteiger partial charge in [-0.25, -0.2) is 0 Å². The van der Waals surface area contributed by atoms with Crippen molar-refractivity contribution in [2.75, 3.05) is 6.54 Å². The van der Waals surface area contributed by atoms with E-state index in [0.29, 0.717) is 11.8 Å². The van der Waals surface area contributed by atoms with E-state index < -0.39 is 0 Å². The van der Waals surface area contributed by atoms with E-state index in [2.05, 4.69) is 85.6 Å². The van der Waals surface area contributed by atoms with Gasteiger partial charge in [-0.2, -0.15) is 0 Å². The Kier molecular flexibility index (Phi) is 19.1. The number of hydrogen-bond donors (Lipinski definition) is 1. The highest BCUT2D eigenvalue weighted by Crippen LogP contribution is 2.57. The fourth-order valence-corrected chi connectivity index (χ4v) is 8.15. The molecule has 1 aliphatic carbocycles. The normalized spacial score (nSPS) is 26.7. The van der Waals surface area contributed by atoms with Crippen molar-refractivity contribution in [1.29, 1.82) is 0 Å². The molecule has 0 spiro atoms. The monoisotopic (exact) mass is 603 g/mol. The Morgan fingerprint density at radius 2 is 1.70 bits per heavy atom. The minimum atomic E-state index is -0.0976. The molecule has 1 rings (SSSR count). The van der Waals surface area contributed by atoms with Crippen LogP contribution in [0.1, 0.15) is 160 Å². The molecule has 0 aliphatic heterocycles. The van der Waals surface area contributed by atoms with Gasteiger partial charge in [0.25, 0.3) is 0 Å². The maximum absolute atomic E-state index is 12.5. The number of esters is 1. The lowest BCUT2D eigenvalue weighted by Gasteiger charge is -2.55. The van der Waals surface area contributed by atoms with Crippen LogP contribution in [0.3, 0.4) is 0 Å². The first kappa shape index (κ1) is 39.7. The lowest BCUT2D eigenvalue weighted by atomic mass is 9.50. The molecule has 0 aromatic rings. The van der Waals surface area contributed by atoms with E-state index in [1.165, 1.54) is 56.9 Å². The largest absolute Gasteiger partial charge is 0.462 e. The van der Waals surface area contributed by atoms with E-state index >= 15 is 0 Å². The summed E-state index contributed by atoms with van der Waals surface area (Å²) < 4.78 is 5.81. The van der Waals surface area contributed by atoms with E-state index in [0.717, 1.165) is 67.2 Å². The van der Waals surface area contributed by atoms with Crippen LogP contribution in [0, 0.1) is 46.8 Å². The van der Waals surface area contributed by atoms with Crippen LogP contribution in [0.15, 0.2) is 16.6 Å². The summed E-state index contributed by atoms with van der Waals surface area (Å²) in [5.74, 6) is 5.30. The standard InChI is InChI=1S/C39H74N2O2/c1-13-30(7)35-24-25-39(12,34(11)31(8)19-17-16-18-28(4)5)37(14-2)36(35)22-20-29(6)26-33(10)43-38(42)23-21-32(9)41-27-40-15-3/h20,27-28,30-37H,13-19,21-26H2,1-12H3,(H,40,41)/b29-20+. The van der Waals surface area contributed by atoms with Crippen molar-refractivity contribution in [2.45, 2.75) is 172 Å². The van der Waals surface area contributed by atoms with Gasteiger partial charge in [0, 0.05) is 25.4 Å². The molecule has 1 N–H and O–H groups in total. The lowest BCUT2D eigenvalue weighted by molar-refractivity contribution is -0.148. The molecule has 4 nitrogen and oxygen atoms in total. The summed E-state index contributed by atoms with van der Waals surface area (Å²) in [6, 6.07) is 0.210. The first-order valence-corrected chi connectivity index (χ1v) is 18.4. The molecular formula is C39H74N2O2. The highest BCUT2D eigenvalue weighted by Gasteiger charge is 2.49. The zero-order valence-electron chi connectivity index (χ0n) is 30.8. The van der Waals surface area contributed by atoms with Crippen molar-refractivity contribution in [3.05, 3.63) is 11.6 Å². The number of nitrogens with one attached hydrogen (secondary N) is 1. The third kappa shape index (κ3) is 13.7. The lowest BCUT2D eigenvalue weighted by Crippen LogP contribution is -2.47. The van der Waals surface area contributed by atoms with Crippen LogP contribution in [-0.4, -0.2) is 31.0 Å². The van der Waals surface area contributed by atoms with Crippen LogP contribution < -0.4 is 5.32 Å². The van der Waals surface area contributed by atoms with Crippen LogP contribution in [0.2, 0.25) is 0 Å². The predicted molar refractivity (Wildman–Crippen MR) is 189 cm³/mol. The zero-order valence-corrected chi connectivity index (χ0v) is 30.8. The van der Waals surface area contributed by atoms with Gasteiger partial charge in [0.05, 0.1) is 6.34 Å². The van der Waals surface area contributed by atoms with E-state index in [1.807, 2.05) is 13.8 Å². The average molecular weight is 603 g/mol. The summed E-state index contributed by atoms with van der Waals surface area (Å²) in [5, 5.41) is 3.22. The Labute approximate surface area is 269 Å². The van der Waals surface area contributed by atoms with Crippen LogP contribution in [-0.2, 0) is 9.53 Å². The van der Waals surface area contributed by atoms with Gasteiger partial charge in [-0.05, 0) is 100 Å². The summed E-state index contributed by atoms with van der Waals surface area (Å²) in [6.45, 7) is 29.0. The van der Waals surface area contributed by atoms with Crippen molar-refractivity contribution in [3.8, 4) is 0 Å². The van der Waals surface area contributed by atoms with Crippen molar-refractivity contribution in [3.63, 3.8) is 0 Å². The predicted octanol–water partition coefficient (Wildman–Crippen LogP) is 11.0. The van der Waals surface area contributed by atoms with Gasteiger partial charge in [0.1, 0.15) is 6.10 Å². The Balaban J connectivity index is 2.88. The summed E-state index contributed by atoms with van der Waals surface area (Å²) >= 11 is 0. The third-order valence-electron chi connectivity index (χ3n) is 11.4. The van der Waals surface area contributed by atoms with Gasteiger partial charge < -0.3 is 10.1 Å². The number of aliphatic imine (C=N–C) groups is 1. The van der Waals surface area contributed by atoms with E-state index in [4.69, 9.17) is 4.74 Å². The number of ether oxygens (including phenoxy) is 1. The van der Waals surface area contributed by atoms with Gasteiger partial charge >= 0.3 is 5.97 Å². The smallest absolute Gasteiger partial charge is 0.306 e. The molecule has 0 bridgehead atoms. The molecule has 0 aromatic heterocycles. The van der Waals surface area contributed by atoms with Crippen LogP contribution in [0.4, 0.5) is 0 Å². The zero-order chi connectivity index (χ0) is 32.6. The molecule has 9 atom stereocenters. The fraction of sp³-hybridized carbons (Fsp3) is 0.897. The quantitative estimate of drug-likeness (QED) is 0.0467. The third-order valence-corrected chi connectivity index (χ3v) is 11.4. The molecule has 1 saturated carbocycles. The summed E-state index contributed by atoms with van der Waals surface area (Å²) in [6.07, 6.45) is 18.1. The van der Waals surface area contributed by atoms with Crippen LogP contribution >= 0.6 is 0 Å². The van der Waals surface area contributed by atoms with Crippen LogP contribution in [0.25, 0.3) is 0 Å². The van der Waals surface area contributed by atoms with E-state index in [9.17, 15) is 4.79 Å². The molecule has 0 aromatic carbocycles. The average Bonchev–Trinajstić information content (AvgIpc) is 2.96. The Hall–Kier alpha value is -1.32. The Morgan fingerprint density at radius 1 is 1.02 bits per heavy atom. The Bertz CT molecular complexity index is 820. The minimum Gasteiger partial charge on any atom is -0.462 e. The van der Waals surface area contributed by atoms with Gasteiger partial charge in [-0.3, -0.25) is 9.79 Å². The summed E-state index contributed by atoms with van der Waals surface area (Å²) in [7, 11) is 0. The minimum absolute atomic E-state index is 0.0887. The number of carbonyl (C=O) groups is 1. The van der Waals surface area contributed by atoms with E-state index in [-0.39, 0.29) is 18.1 Å². The first-order chi connectivity index (χ1) is 20.3. The number of hydrogen-bond acceptors (Lipinski definition) is 3. The highest BCUT2D eigenvalue weighted by atomic mass is 16.5.